The number of hydrazine groups is 1. The summed E-state index contributed by atoms with van der Waals surface area (Å²) in [6.45, 7) is 2.17. The van der Waals surface area contributed by atoms with Gasteiger partial charge in [-0.3, -0.25) is 11.3 Å². The molecule has 0 saturated heterocycles. The van der Waals surface area contributed by atoms with Gasteiger partial charge in [-0.2, -0.15) is 0 Å². The van der Waals surface area contributed by atoms with E-state index in [9.17, 15) is 4.39 Å². The molecule has 3 N–H and O–H groups in total. The summed E-state index contributed by atoms with van der Waals surface area (Å²) >= 11 is 6.05. The molecule has 4 heteroatoms. The Balaban J connectivity index is 2.62. The number of hydrogen-bond donors (Lipinski definition) is 2. The lowest BCUT2D eigenvalue weighted by molar-refractivity contribution is 0.479. The molecule has 0 bridgehead atoms. The lowest BCUT2D eigenvalue weighted by Gasteiger charge is -2.17. The summed E-state index contributed by atoms with van der Waals surface area (Å²) in [6, 6.07) is 4.31. The van der Waals surface area contributed by atoms with Crippen molar-refractivity contribution in [1.82, 2.24) is 5.43 Å². The van der Waals surface area contributed by atoms with Crippen molar-refractivity contribution in [3.63, 3.8) is 0 Å². The molecule has 0 aromatic heterocycles. The molecule has 0 spiro atoms. The van der Waals surface area contributed by atoms with Crippen LogP contribution in [0.3, 0.4) is 0 Å². The molecule has 1 aromatic carbocycles. The number of nitrogens with one attached hydrogen (secondary N) is 1. The highest BCUT2D eigenvalue weighted by Gasteiger charge is 2.13. The van der Waals surface area contributed by atoms with Crippen molar-refractivity contribution in [1.29, 1.82) is 0 Å². The minimum Gasteiger partial charge on any atom is -0.271 e. The normalized spacial score (nSPS) is 12.7. The van der Waals surface area contributed by atoms with Crippen molar-refractivity contribution >= 4 is 11.6 Å². The van der Waals surface area contributed by atoms with Gasteiger partial charge in [0.05, 0.1) is 0 Å². The van der Waals surface area contributed by atoms with Crippen LogP contribution in [-0.4, -0.2) is 0 Å². The third kappa shape index (κ3) is 4.62. The first kappa shape index (κ1) is 14.4. The zero-order chi connectivity index (χ0) is 12.7. The average molecular weight is 259 g/mol. The molecule has 1 unspecified atom stereocenters. The summed E-state index contributed by atoms with van der Waals surface area (Å²) < 4.78 is 13.2. The van der Waals surface area contributed by atoms with Gasteiger partial charge in [0, 0.05) is 11.1 Å². The van der Waals surface area contributed by atoms with Crippen LogP contribution in [0.1, 0.15) is 50.6 Å². The lowest BCUT2D eigenvalue weighted by Crippen LogP contribution is -2.28. The molecule has 0 aliphatic heterocycles. The van der Waals surface area contributed by atoms with Gasteiger partial charge in [-0.25, -0.2) is 4.39 Å². The van der Waals surface area contributed by atoms with Crippen molar-refractivity contribution in [2.24, 2.45) is 5.84 Å². The van der Waals surface area contributed by atoms with Crippen LogP contribution in [0.15, 0.2) is 18.2 Å². The first-order valence-corrected chi connectivity index (χ1v) is 6.48. The topological polar surface area (TPSA) is 38.0 Å². The van der Waals surface area contributed by atoms with E-state index in [0.717, 1.165) is 18.4 Å². The number of rotatable bonds is 7. The van der Waals surface area contributed by atoms with Gasteiger partial charge < -0.3 is 0 Å². The third-order valence-corrected chi connectivity index (χ3v) is 3.23. The van der Waals surface area contributed by atoms with E-state index in [4.69, 9.17) is 17.4 Å². The molecule has 0 heterocycles. The second-order valence-electron chi connectivity index (χ2n) is 4.23. The molecule has 0 saturated carbocycles. The van der Waals surface area contributed by atoms with Crippen LogP contribution in [0.25, 0.3) is 0 Å². The van der Waals surface area contributed by atoms with Crippen LogP contribution in [0, 0.1) is 5.82 Å². The fraction of sp³-hybridized carbons (Fsp3) is 0.538. The van der Waals surface area contributed by atoms with Gasteiger partial charge in [-0.05, 0) is 30.2 Å². The van der Waals surface area contributed by atoms with Crippen LogP contribution in [0.4, 0.5) is 4.39 Å². The quantitative estimate of drug-likeness (QED) is 0.441. The van der Waals surface area contributed by atoms with Crippen LogP contribution in [0.5, 0.6) is 0 Å². The van der Waals surface area contributed by atoms with E-state index in [1.807, 2.05) is 0 Å². The second kappa shape index (κ2) is 7.64. The highest BCUT2D eigenvalue weighted by atomic mass is 35.5. The van der Waals surface area contributed by atoms with E-state index < -0.39 is 0 Å². The molecule has 1 rings (SSSR count). The monoisotopic (exact) mass is 258 g/mol. The molecule has 17 heavy (non-hydrogen) atoms. The Kier molecular flexibility index (Phi) is 6.48. The van der Waals surface area contributed by atoms with E-state index in [0.29, 0.717) is 5.02 Å². The SMILES string of the molecule is CCCCCCC(NN)c1cc(F)ccc1Cl. The van der Waals surface area contributed by atoms with Crippen molar-refractivity contribution < 1.29 is 4.39 Å². The molecule has 2 nitrogen and oxygen atoms in total. The smallest absolute Gasteiger partial charge is 0.123 e. The van der Waals surface area contributed by atoms with Gasteiger partial charge in [-0.15, -0.1) is 0 Å². The number of benzene rings is 1. The average Bonchev–Trinajstić information content (AvgIpc) is 2.33. The predicted molar refractivity (Wildman–Crippen MR) is 70.2 cm³/mol. The van der Waals surface area contributed by atoms with E-state index in [-0.39, 0.29) is 11.9 Å². The zero-order valence-electron chi connectivity index (χ0n) is 10.2. The summed E-state index contributed by atoms with van der Waals surface area (Å²) in [5.74, 6) is 5.23. The Hall–Kier alpha value is -0.640. The van der Waals surface area contributed by atoms with Gasteiger partial charge in [0.2, 0.25) is 0 Å². The minimum absolute atomic E-state index is 0.0740. The summed E-state index contributed by atoms with van der Waals surface area (Å²) in [5.41, 5.74) is 3.45. The number of unbranched alkanes of at least 4 members (excludes halogenated alkanes) is 3. The largest absolute Gasteiger partial charge is 0.271 e. The van der Waals surface area contributed by atoms with E-state index in [1.165, 1.54) is 31.4 Å². The summed E-state index contributed by atoms with van der Waals surface area (Å²) in [5, 5.41) is 0.560. The molecule has 0 aliphatic carbocycles. The number of nitrogens with two attached hydrogens (primary N) is 1. The maximum atomic E-state index is 13.2. The lowest BCUT2D eigenvalue weighted by atomic mass is 10.0. The Morgan fingerprint density at radius 1 is 1.35 bits per heavy atom. The summed E-state index contributed by atoms with van der Waals surface area (Å²) in [6.07, 6.45) is 5.52. The molecule has 0 fully saturated rings. The van der Waals surface area contributed by atoms with Gasteiger partial charge in [-0.1, -0.05) is 44.2 Å². The van der Waals surface area contributed by atoms with Crippen LogP contribution < -0.4 is 11.3 Å². The summed E-state index contributed by atoms with van der Waals surface area (Å²) in [7, 11) is 0. The first-order valence-electron chi connectivity index (χ1n) is 6.10. The third-order valence-electron chi connectivity index (χ3n) is 2.88. The zero-order valence-corrected chi connectivity index (χ0v) is 10.9. The molecule has 1 atom stereocenters. The number of hydrogen-bond acceptors (Lipinski definition) is 2. The molecule has 1 aromatic rings. The first-order chi connectivity index (χ1) is 8.19. The Morgan fingerprint density at radius 3 is 2.76 bits per heavy atom. The van der Waals surface area contributed by atoms with Crippen molar-refractivity contribution in [3.8, 4) is 0 Å². The standard InChI is InChI=1S/C13H20ClFN2/c1-2-3-4-5-6-13(17-16)11-9-10(15)7-8-12(11)14/h7-9,13,17H,2-6,16H2,1H3. The van der Waals surface area contributed by atoms with Crippen molar-refractivity contribution in [3.05, 3.63) is 34.6 Å². The maximum absolute atomic E-state index is 13.2. The Morgan fingerprint density at radius 2 is 2.12 bits per heavy atom. The predicted octanol–water partition coefficient (Wildman–Crippen LogP) is 3.95. The number of halogens is 2. The van der Waals surface area contributed by atoms with Crippen molar-refractivity contribution in [2.45, 2.75) is 45.1 Å². The van der Waals surface area contributed by atoms with Gasteiger partial charge in [0.15, 0.2) is 0 Å². The highest BCUT2D eigenvalue weighted by Crippen LogP contribution is 2.27. The van der Waals surface area contributed by atoms with Gasteiger partial charge in [0.25, 0.3) is 0 Å². The maximum Gasteiger partial charge on any atom is 0.123 e. The minimum atomic E-state index is -0.279. The molecule has 0 radical (unpaired) electrons. The molecule has 0 aliphatic rings. The molecular weight excluding hydrogens is 239 g/mol. The highest BCUT2D eigenvalue weighted by molar-refractivity contribution is 6.31. The second-order valence-corrected chi connectivity index (χ2v) is 4.64. The molecular formula is C13H20ClFN2. The van der Waals surface area contributed by atoms with Crippen LogP contribution >= 0.6 is 11.6 Å². The fourth-order valence-electron chi connectivity index (χ4n) is 1.89. The van der Waals surface area contributed by atoms with Gasteiger partial charge >= 0.3 is 0 Å². The molecule has 0 amide bonds. The van der Waals surface area contributed by atoms with Crippen LogP contribution in [-0.2, 0) is 0 Å². The fourth-order valence-corrected chi connectivity index (χ4v) is 2.13. The van der Waals surface area contributed by atoms with Gasteiger partial charge in [0.1, 0.15) is 5.82 Å². The molecule has 96 valence electrons. The van der Waals surface area contributed by atoms with E-state index in [2.05, 4.69) is 12.3 Å². The summed E-state index contributed by atoms with van der Waals surface area (Å²) in [4.78, 5) is 0. The van der Waals surface area contributed by atoms with Crippen molar-refractivity contribution in [2.75, 3.05) is 0 Å². The van der Waals surface area contributed by atoms with Crippen LogP contribution in [0.2, 0.25) is 5.02 Å². The van der Waals surface area contributed by atoms with E-state index in [1.54, 1.807) is 6.07 Å². The van der Waals surface area contributed by atoms with E-state index >= 15 is 0 Å². The Labute approximate surface area is 107 Å². The Bertz CT molecular complexity index is 344.